The van der Waals surface area contributed by atoms with Crippen LogP contribution in [0.15, 0.2) is 17.1 Å². The normalized spacial score (nSPS) is 14.7. The summed E-state index contributed by atoms with van der Waals surface area (Å²) in [5.74, 6) is 0. The van der Waals surface area contributed by atoms with Crippen LogP contribution < -0.4 is 0 Å². The van der Waals surface area contributed by atoms with Gasteiger partial charge in [-0.3, -0.25) is 4.99 Å². The number of hydrogen-bond donors (Lipinski definition) is 0. The third-order valence-electron chi connectivity index (χ3n) is 2.33. The van der Waals surface area contributed by atoms with Crippen LogP contribution in [0.4, 0.5) is 0 Å². The molecule has 0 saturated heterocycles. The third kappa shape index (κ3) is 6.10. The second-order valence-electron chi connectivity index (χ2n) is 6.27. The average Bonchev–Trinajstić information content (AvgIpc) is 1.99. The van der Waals surface area contributed by atoms with Gasteiger partial charge in [0.05, 0.1) is 16.1 Å². The van der Waals surface area contributed by atoms with E-state index >= 15 is 0 Å². The second kappa shape index (κ2) is 5.80. The van der Waals surface area contributed by atoms with E-state index in [1.54, 1.807) is 0 Å². The van der Waals surface area contributed by atoms with E-state index in [4.69, 9.17) is 4.99 Å². The molecule has 15 heavy (non-hydrogen) atoms. The molecular formula is C12H27NSi2. The van der Waals surface area contributed by atoms with Gasteiger partial charge in [-0.25, -0.2) is 0 Å². The van der Waals surface area contributed by atoms with E-state index in [1.807, 2.05) is 6.21 Å². The Labute approximate surface area is 97.7 Å². The maximum absolute atomic E-state index is 4.82. The van der Waals surface area contributed by atoms with Crippen LogP contribution in [0.3, 0.4) is 0 Å². The van der Waals surface area contributed by atoms with Crippen molar-refractivity contribution in [2.24, 2.45) is 4.99 Å². The first kappa shape index (κ1) is 14.8. The molecule has 88 valence electrons. The molecule has 0 unspecified atom stereocenters. The van der Waals surface area contributed by atoms with Crippen molar-refractivity contribution in [1.29, 1.82) is 0 Å². The van der Waals surface area contributed by atoms with Crippen molar-refractivity contribution in [3.8, 4) is 0 Å². The lowest BCUT2D eigenvalue weighted by Crippen LogP contribution is -2.52. The minimum absolute atomic E-state index is 0.631. The third-order valence-corrected chi connectivity index (χ3v) is 11.1. The largest absolute Gasteiger partial charge is 0.296 e. The minimum Gasteiger partial charge on any atom is -0.296 e. The molecule has 0 saturated carbocycles. The standard InChI is InChI=1S/C12H27NSi2/c1-8-9-10-11-13-12(14(2,3)4)15(5,6)7/h9-12H,8H2,1-7H3/b10-9+,13-11+. The topological polar surface area (TPSA) is 12.4 Å². The van der Waals surface area contributed by atoms with E-state index in [0.29, 0.717) is 5.29 Å². The fraction of sp³-hybridized carbons (Fsp3) is 0.750. The van der Waals surface area contributed by atoms with Gasteiger partial charge in [0, 0.05) is 11.5 Å². The van der Waals surface area contributed by atoms with Crippen molar-refractivity contribution in [3.63, 3.8) is 0 Å². The van der Waals surface area contributed by atoms with Crippen molar-refractivity contribution in [2.75, 3.05) is 0 Å². The average molecular weight is 242 g/mol. The SMILES string of the molecule is CC/C=C/C=N/C([Si](C)(C)C)[Si](C)(C)C. The van der Waals surface area contributed by atoms with Gasteiger partial charge in [-0.05, 0) is 12.5 Å². The molecule has 0 bridgehead atoms. The van der Waals surface area contributed by atoms with Crippen LogP contribution in [0, 0.1) is 0 Å². The predicted octanol–water partition coefficient (Wildman–Crippen LogP) is 4.15. The van der Waals surface area contributed by atoms with Crippen LogP contribution in [-0.2, 0) is 0 Å². The quantitative estimate of drug-likeness (QED) is 0.506. The second-order valence-corrected chi connectivity index (χ2v) is 17.4. The summed E-state index contributed by atoms with van der Waals surface area (Å²) in [6.07, 6.45) is 7.36. The first-order valence-corrected chi connectivity index (χ1v) is 13.0. The lowest BCUT2D eigenvalue weighted by Gasteiger charge is -2.34. The first-order valence-electron chi connectivity index (χ1n) is 5.88. The summed E-state index contributed by atoms with van der Waals surface area (Å²) in [4.78, 5) is 4.82. The monoisotopic (exact) mass is 241 g/mol. The van der Waals surface area contributed by atoms with Gasteiger partial charge in [0.25, 0.3) is 0 Å². The molecule has 0 radical (unpaired) electrons. The summed E-state index contributed by atoms with van der Waals surface area (Å²) in [7, 11) is -2.30. The molecular weight excluding hydrogens is 214 g/mol. The van der Waals surface area contributed by atoms with Gasteiger partial charge in [0.1, 0.15) is 0 Å². The highest BCUT2D eigenvalue weighted by Crippen LogP contribution is 2.21. The van der Waals surface area contributed by atoms with Crippen LogP contribution >= 0.6 is 0 Å². The molecule has 0 aliphatic carbocycles. The van der Waals surface area contributed by atoms with E-state index in [-0.39, 0.29) is 0 Å². The molecule has 0 aromatic rings. The summed E-state index contributed by atoms with van der Waals surface area (Å²) < 4.78 is 0. The molecule has 0 spiro atoms. The smallest absolute Gasteiger partial charge is 0.0693 e. The summed E-state index contributed by atoms with van der Waals surface area (Å²) in [6.45, 7) is 16.7. The van der Waals surface area contributed by atoms with Gasteiger partial charge < -0.3 is 0 Å². The van der Waals surface area contributed by atoms with Crippen molar-refractivity contribution in [1.82, 2.24) is 0 Å². The van der Waals surface area contributed by atoms with E-state index in [2.05, 4.69) is 58.4 Å². The molecule has 0 atom stereocenters. The Morgan fingerprint density at radius 2 is 1.47 bits per heavy atom. The highest BCUT2D eigenvalue weighted by Gasteiger charge is 2.36. The van der Waals surface area contributed by atoms with Crippen LogP contribution in [0.5, 0.6) is 0 Å². The van der Waals surface area contributed by atoms with E-state index < -0.39 is 16.1 Å². The van der Waals surface area contributed by atoms with Crippen molar-refractivity contribution in [3.05, 3.63) is 12.2 Å². The highest BCUT2D eigenvalue weighted by atomic mass is 28.4. The molecule has 0 aliphatic rings. The number of aliphatic imine (C=N–C) groups is 1. The number of nitrogens with zero attached hydrogens (tertiary/aromatic N) is 1. The zero-order valence-corrected chi connectivity index (χ0v) is 13.5. The molecule has 0 aliphatic heterocycles. The lowest BCUT2D eigenvalue weighted by atomic mass is 10.4. The summed E-state index contributed by atoms with van der Waals surface area (Å²) in [5, 5.41) is 0.631. The summed E-state index contributed by atoms with van der Waals surface area (Å²) >= 11 is 0. The molecule has 0 fully saturated rings. The van der Waals surface area contributed by atoms with Gasteiger partial charge in [0.2, 0.25) is 0 Å². The Balaban J connectivity index is 4.69. The van der Waals surface area contributed by atoms with E-state index in [0.717, 1.165) is 6.42 Å². The molecule has 0 N–H and O–H groups in total. The maximum atomic E-state index is 4.82. The molecule has 0 heterocycles. The van der Waals surface area contributed by atoms with Crippen molar-refractivity contribution >= 4 is 22.4 Å². The Kier molecular flexibility index (Phi) is 5.74. The van der Waals surface area contributed by atoms with Crippen molar-refractivity contribution < 1.29 is 0 Å². The van der Waals surface area contributed by atoms with Gasteiger partial charge in [-0.1, -0.05) is 52.3 Å². The number of hydrogen-bond acceptors (Lipinski definition) is 1. The van der Waals surface area contributed by atoms with Gasteiger partial charge in [-0.15, -0.1) is 0 Å². The highest BCUT2D eigenvalue weighted by molar-refractivity contribution is 6.96. The van der Waals surface area contributed by atoms with E-state index in [1.165, 1.54) is 0 Å². The molecule has 0 aromatic heterocycles. The van der Waals surface area contributed by atoms with Crippen molar-refractivity contribution in [2.45, 2.75) is 57.9 Å². The lowest BCUT2D eigenvalue weighted by molar-refractivity contribution is 1.13. The number of rotatable bonds is 5. The predicted molar refractivity (Wildman–Crippen MR) is 78.4 cm³/mol. The first-order chi connectivity index (χ1) is 6.69. The molecule has 0 rings (SSSR count). The summed E-state index contributed by atoms with van der Waals surface area (Å²) in [5.41, 5.74) is 0. The number of allylic oxidation sites excluding steroid dienone is 2. The minimum atomic E-state index is -1.15. The molecule has 0 amide bonds. The fourth-order valence-corrected chi connectivity index (χ4v) is 13.5. The van der Waals surface area contributed by atoms with Crippen LogP contribution in [0.1, 0.15) is 13.3 Å². The Hall–Kier alpha value is -0.156. The van der Waals surface area contributed by atoms with Gasteiger partial charge >= 0.3 is 0 Å². The summed E-state index contributed by atoms with van der Waals surface area (Å²) in [6, 6.07) is 0. The Bertz CT molecular complexity index is 217. The van der Waals surface area contributed by atoms with Crippen LogP contribution in [0.25, 0.3) is 0 Å². The molecule has 0 aromatic carbocycles. The zero-order chi connectivity index (χ0) is 12.1. The maximum Gasteiger partial charge on any atom is 0.0693 e. The van der Waals surface area contributed by atoms with Crippen LogP contribution in [0.2, 0.25) is 39.3 Å². The van der Waals surface area contributed by atoms with Crippen LogP contribution in [-0.4, -0.2) is 27.7 Å². The Morgan fingerprint density at radius 3 is 1.80 bits per heavy atom. The molecule has 3 heteroatoms. The van der Waals surface area contributed by atoms with E-state index in [9.17, 15) is 0 Å². The van der Waals surface area contributed by atoms with Gasteiger partial charge in [-0.2, -0.15) is 0 Å². The Morgan fingerprint density at radius 1 is 1.00 bits per heavy atom. The van der Waals surface area contributed by atoms with Gasteiger partial charge in [0.15, 0.2) is 0 Å². The molecule has 1 nitrogen and oxygen atoms in total. The fourth-order valence-electron chi connectivity index (χ4n) is 2.08. The zero-order valence-electron chi connectivity index (χ0n) is 11.5.